The Morgan fingerprint density at radius 1 is 1.53 bits per heavy atom. The van der Waals surface area contributed by atoms with E-state index in [0.29, 0.717) is 4.90 Å². The van der Waals surface area contributed by atoms with Gasteiger partial charge in [-0.1, -0.05) is 0 Å². The number of carboxylic acid groups (broad SMARTS) is 1. The molecule has 10 heteroatoms. The maximum atomic E-state index is 12.2. The fourth-order valence-electron chi connectivity index (χ4n) is 1.20. The minimum Gasteiger partial charge on any atom is -0.480 e. The van der Waals surface area contributed by atoms with Crippen molar-refractivity contribution in [3.63, 3.8) is 0 Å². The van der Waals surface area contributed by atoms with E-state index in [0.717, 1.165) is 4.80 Å². The molecule has 1 aromatic rings. The third-order valence-corrected chi connectivity index (χ3v) is 1.68. The van der Waals surface area contributed by atoms with E-state index in [-0.39, 0.29) is 12.4 Å². The smallest absolute Gasteiger partial charge is 0.401 e. The van der Waals surface area contributed by atoms with Gasteiger partial charge in [-0.15, -0.1) is 10.2 Å². The Balaban J connectivity index is 2.66. The van der Waals surface area contributed by atoms with E-state index in [1.165, 1.54) is 7.05 Å². The highest BCUT2D eigenvalue weighted by Gasteiger charge is 2.32. The highest BCUT2D eigenvalue weighted by Crippen LogP contribution is 2.17. The normalized spacial score (nSPS) is 12.1. The summed E-state index contributed by atoms with van der Waals surface area (Å²) >= 11 is 0. The molecule has 0 radical (unpaired) electrons. The molecule has 1 aromatic heterocycles. The molecule has 0 spiro atoms. The summed E-state index contributed by atoms with van der Waals surface area (Å²) in [7, 11) is 1.46. The average Bonchev–Trinajstić information content (AvgIpc) is 2.46. The minimum absolute atomic E-state index is 0.0398. The molecule has 1 N–H and O–H groups in total. The fourth-order valence-corrected chi connectivity index (χ4v) is 1.20. The Morgan fingerprint density at radius 3 is 2.59 bits per heavy atom. The third-order valence-electron chi connectivity index (χ3n) is 1.68. The van der Waals surface area contributed by atoms with Crippen molar-refractivity contribution in [3.05, 3.63) is 5.82 Å². The summed E-state index contributed by atoms with van der Waals surface area (Å²) in [5.74, 6) is -1.31. The molecule has 0 bridgehead atoms. The molecule has 0 atom stereocenters. The Hall–Kier alpha value is -1.71. The molecule has 0 saturated heterocycles. The lowest BCUT2D eigenvalue weighted by Gasteiger charge is -2.19. The van der Waals surface area contributed by atoms with E-state index in [1.54, 1.807) is 0 Å². The van der Waals surface area contributed by atoms with Crippen molar-refractivity contribution in [1.29, 1.82) is 0 Å². The molecule has 0 amide bonds. The number of halogens is 3. The lowest BCUT2D eigenvalue weighted by atomic mass is 10.4. The molecule has 0 fully saturated rings. The van der Waals surface area contributed by atoms with Crippen LogP contribution in [0, 0.1) is 0 Å². The SMILES string of the molecule is Cn1nnc(CN(CC(=O)O)CC(F)(F)F)n1. The highest BCUT2D eigenvalue weighted by atomic mass is 19.4. The second kappa shape index (κ2) is 5.08. The number of hydrogen-bond donors (Lipinski definition) is 1. The number of rotatable bonds is 5. The van der Waals surface area contributed by atoms with Crippen molar-refractivity contribution in [3.8, 4) is 0 Å². The summed E-state index contributed by atoms with van der Waals surface area (Å²) in [6.07, 6.45) is -4.47. The first kappa shape index (κ1) is 13.4. The zero-order chi connectivity index (χ0) is 13.1. The molecule has 0 aliphatic heterocycles. The Labute approximate surface area is 93.8 Å². The average molecular weight is 253 g/mol. The number of nitrogens with zero attached hydrogens (tertiary/aromatic N) is 5. The molecule has 1 rings (SSSR count). The van der Waals surface area contributed by atoms with Gasteiger partial charge in [-0.2, -0.15) is 18.0 Å². The first-order chi connectivity index (χ1) is 7.76. The van der Waals surface area contributed by atoms with E-state index >= 15 is 0 Å². The van der Waals surface area contributed by atoms with Gasteiger partial charge in [0.15, 0.2) is 5.82 Å². The molecular weight excluding hydrogens is 243 g/mol. The zero-order valence-corrected chi connectivity index (χ0v) is 8.85. The number of carboxylic acids is 1. The largest absolute Gasteiger partial charge is 0.480 e. The van der Waals surface area contributed by atoms with Gasteiger partial charge in [0.25, 0.3) is 0 Å². The van der Waals surface area contributed by atoms with Crippen LogP contribution in [0.15, 0.2) is 0 Å². The van der Waals surface area contributed by atoms with E-state index in [1.807, 2.05) is 0 Å². The van der Waals surface area contributed by atoms with Gasteiger partial charge in [-0.05, 0) is 5.21 Å². The number of carbonyl (C=O) groups is 1. The van der Waals surface area contributed by atoms with Crippen molar-refractivity contribution in [2.75, 3.05) is 13.1 Å². The molecule has 96 valence electrons. The van der Waals surface area contributed by atoms with Crippen LogP contribution in [0.25, 0.3) is 0 Å². The minimum atomic E-state index is -4.47. The lowest BCUT2D eigenvalue weighted by Crippen LogP contribution is -2.37. The first-order valence-electron chi connectivity index (χ1n) is 4.50. The van der Waals surface area contributed by atoms with Crippen LogP contribution in [0.4, 0.5) is 13.2 Å². The van der Waals surface area contributed by atoms with Crippen molar-refractivity contribution in [1.82, 2.24) is 25.1 Å². The van der Waals surface area contributed by atoms with Crippen LogP contribution in [0.5, 0.6) is 0 Å². The van der Waals surface area contributed by atoms with E-state index in [9.17, 15) is 18.0 Å². The van der Waals surface area contributed by atoms with E-state index in [4.69, 9.17) is 5.11 Å². The topological polar surface area (TPSA) is 84.1 Å². The number of aromatic nitrogens is 4. The van der Waals surface area contributed by atoms with Gasteiger partial charge in [0.05, 0.1) is 26.7 Å². The summed E-state index contributed by atoms with van der Waals surface area (Å²) in [6.45, 7) is -2.39. The van der Waals surface area contributed by atoms with Crippen molar-refractivity contribution in [2.24, 2.45) is 7.05 Å². The van der Waals surface area contributed by atoms with Crippen LogP contribution in [-0.2, 0) is 18.4 Å². The maximum absolute atomic E-state index is 12.2. The van der Waals surface area contributed by atoms with E-state index in [2.05, 4.69) is 15.4 Å². The first-order valence-corrected chi connectivity index (χ1v) is 4.50. The zero-order valence-electron chi connectivity index (χ0n) is 8.85. The van der Waals surface area contributed by atoms with Gasteiger partial charge in [0, 0.05) is 0 Å². The van der Waals surface area contributed by atoms with Gasteiger partial charge in [-0.3, -0.25) is 9.69 Å². The van der Waals surface area contributed by atoms with E-state index < -0.39 is 25.2 Å². The summed E-state index contributed by atoms with van der Waals surface area (Å²) in [5, 5.41) is 19.1. The van der Waals surface area contributed by atoms with Crippen LogP contribution < -0.4 is 0 Å². The number of aryl methyl sites for hydroxylation is 1. The highest BCUT2D eigenvalue weighted by molar-refractivity contribution is 5.69. The Bertz CT molecular complexity index is 391. The molecule has 0 aliphatic carbocycles. The monoisotopic (exact) mass is 253 g/mol. The molecular formula is C7H10F3N5O2. The van der Waals surface area contributed by atoms with Crippen LogP contribution in [0.3, 0.4) is 0 Å². The van der Waals surface area contributed by atoms with Crippen LogP contribution in [0.1, 0.15) is 5.82 Å². The Morgan fingerprint density at radius 2 is 2.18 bits per heavy atom. The number of aliphatic carboxylic acids is 1. The molecule has 7 nitrogen and oxygen atoms in total. The molecule has 0 aromatic carbocycles. The second-order valence-corrected chi connectivity index (χ2v) is 3.35. The van der Waals surface area contributed by atoms with Crippen molar-refractivity contribution in [2.45, 2.75) is 12.7 Å². The molecule has 1 heterocycles. The van der Waals surface area contributed by atoms with Gasteiger partial charge in [0.1, 0.15) is 0 Å². The van der Waals surface area contributed by atoms with Crippen molar-refractivity contribution < 1.29 is 23.1 Å². The third kappa shape index (κ3) is 5.24. The molecule has 0 aliphatic rings. The predicted octanol–water partition coefficient (Wildman–Crippen LogP) is -0.341. The summed E-state index contributed by atoms with van der Waals surface area (Å²) in [4.78, 5) is 12.2. The van der Waals surface area contributed by atoms with Crippen molar-refractivity contribution >= 4 is 5.97 Å². The standard InChI is InChI=1S/C7H10F3N5O2/c1-14-12-5(11-13-14)2-15(3-6(16)17)4-7(8,9)10/h2-4H2,1H3,(H,16,17). The summed E-state index contributed by atoms with van der Waals surface area (Å²) in [6, 6.07) is 0. The maximum Gasteiger partial charge on any atom is 0.401 e. The van der Waals surface area contributed by atoms with Gasteiger partial charge in [0.2, 0.25) is 0 Å². The lowest BCUT2D eigenvalue weighted by molar-refractivity contribution is -0.155. The number of alkyl halides is 3. The van der Waals surface area contributed by atoms with Gasteiger partial charge in [-0.25, -0.2) is 0 Å². The quantitative estimate of drug-likeness (QED) is 0.772. The Kier molecular flexibility index (Phi) is 3.99. The predicted molar refractivity (Wildman–Crippen MR) is 47.8 cm³/mol. The second-order valence-electron chi connectivity index (χ2n) is 3.35. The van der Waals surface area contributed by atoms with Crippen LogP contribution >= 0.6 is 0 Å². The summed E-state index contributed by atoms with van der Waals surface area (Å²) in [5.41, 5.74) is 0. The summed E-state index contributed by atoms with van der Waals surface area (Å²) < 4.78 is 36.5. The number of hydrogen-bond acceptors (Lipinski definition) is 5. The number of tetrazole rings is 1. The molecule has 0 saturated carbocycles. The fraction of sp³-hybridized carbons (Fsp3) is 0.714. The van der Waals surface area contributed by atoms with Crippen LogP contribution in [-0.4, -0.2) is 55.4 Å². The van der Waals surface area contributed by atoms with Crippen LogP contribution in [0.2, 0.25) is 0 Å². The van der Waals surface area contributed by atoms with Gasteiger partial charge >= 0.3 is 12.1 Å². The molecule has 17 heavy (non-hydrogen) atoms. The van der Waals surface area contributed by atoms with Gasteiger partial charge < -0.3 is 5.11 Å². The molecule has 0 unspecified atom stereocenters.